The first-order chi connectivity index (χ1) is 9.19. The maximum absolute atomic E-state index is 12.8. The summed E-state index contributed by atoms with van der Waals surface area (Å²) in [5.74, 6) is 0.193. The van der Waals surface area contributed by atoms with E-state index >= 15 is 0 Å². The molecule has 0 amide bonds. The maximum atomic E-state index is 12.8. The number of hydrogen-bond donors (Lipinski definition) is 2. The predicted octanol–water partition coefficient (Wildman–Crippen LogP) is 3.53. The van der Waals surface area contributed by atoms with Crippen LogP contribution in [0.1, 0.15) is 38.8 Å². The number of nitrogens with zero attached hydrogens (tertiary/aromatic N) is 2. The van der Waals surface area contributed by atoms with Gasteiger partial charge in [0.2, 0.25) is 5.95 Å². The van der Waals surface area contributed by atoms with E-state index in [1.807, 2.05) is 0 Å². The molecule has 1 aromatic heterocycles. The number of anilines is 2. The van der Waals surface area contributed by atoms with Crippen molar-refractivity contribution >= 4 is 11.8 Å². The molecule has 0 aliphatic heterocycles. The summed E-state index contributed by atoms with van der Waals surface area (Å²) >= 11 is 0. The van der Waals surface area contributed by atoms with E-state index in [2.05, 4.69) is 34.4 Å². The quantitative estimate of drug-likeness (QED) is 0.893. The highest BCUT2D eigenvalue weighted by atomic mass is 19.4. The first kappa shape index (κ1) is 14.9. The smallest absolute Gasteiger partial charge is 0.367 e. The lowest BCUT2D eigenvalue weighted by Crippen LogP contribution is -2.20. The molecule has 20 heavy (non-hydrogen) atoms. The zero-order valence-corrected chi connectivity index (χ0v) is 11.8. The highest BCUT2D eigenvalue weighted by Gasteiger charge is 2.35. The Labute approximate surface area is 116 Å². The van der Waals surface area contributed by atoms with Gasteiger partial charge in [0.15, 0.2) is 5.69 Å². The van der Waals surface area contributed by atoms with Gasteiger partial charge in [-0.2, -0.15) is 18.2 Å². The molecule has 7 heteroatoms. The van der Waals surface area contributed by atoms with Crippen LogP contribution in [0.15, 0.2) is 6.07 Å². The SMILES string of the molecule is CNc1nc(NC2CCC(C)(C)C2)cc(C(F)(F)F)n1. The van der Waals surface area contributed by atoms with E-state index < -0.39 is 11.9 Å². The van der Waals surface area contributed by atoms with Crippen molar-refractivity contribution in [1.29, 1.82) is 0 Å². The molecule has 1 unspecified atom stereocenters. The van der Waals surface area contributed by atoms with Gasteiger partial charge in [-0.05, 0) is 24.7 Å². The average molecular weight is 288 g/mol. The van der Waals surface area contributed by atoms with Crippen LogP contribution < -0.4 is 10.6 Å². The van der Waals surface area contributed by atoms with Gasteiger partial charge < -0.3 is 10.6 Å². The number of rotatable bonds is 3. The van der Waals surface area contributed by atoms with Crippen LogP contribution in [0.4, 0.5) is 24.9 Å². The van der Waals surface area contributed by atoms with E-state index in [1.165, 1.54) is 7.05 Å². The molecule has 2 rings (SSSR count). The minimum atomic E-state index is -4.47. The van der Waals surface area contributed by atoms with Gasteiger partial charge in [-0.15, -0.1) is 0 Å². The summed E-state index contributed by atoms with van der Waals surface area (Å²) < 4.78 is 38.3. The number of halogens is 3. The van der Waals surface area contributed by atoms with Crippen LogP contribution in [-0.2, 0) is 6.18 Å². The zero-order valence-electron chi connectivity index (χ0n) is 11.8. The Hall–Kier alpha value is -1.53. The van der Waals surface area contributed by atoms with Gasteiger partial charge in [-0.1, -0.05) is 13.8 Å². The van der Waals surface area contributed by atoms with Crippen molar-refractivity contribution in [2.75, 3.05) is 17.7 Å². The Bertz CT molecular complexity index is 485. The minimum Gasteiger partial charge on any atom is -0.367 e. The second kappa shape index (κ2) is 5.10. The fourth-order valence-corrected chi connectivity index (χ4v) is 2.55. The van der Waals surface area contributed by atoms with Gasteiger partial charge in [0.1, 0.15) is 5.82 Å². The summed E-state index contributed by atoms with van der Waals surface area (Å²) in [6.07, 6.45) is -1.55. The Balaban J connectivity index is 2.19. The molecule has 1 aliphatic carbocycles. The Morgan fingerprint density at radius 1 is 1.30 bits per heavy atom. The summed E-state index contributed by atoms with van der Waals surface area (Å²) in [6.45, 7) is 4.32. The molecular formula is C13H19F3N4. The Morgan fingerprint density at radius 3 is 2.50 bits per heavy atom. The fraction of sp³-hybridized carbons (Fsp3) is 0.692. The third kappa shape index (κ3) is 3.52. The van der Waals surface area contributed by atoms with E-state index in [0.717, 1.165) is 25.3 Å². The monoisotopic (exact) mass is 288 g/mol. The molecule has 2 N–H and O–H groups in total. The van der Waals surface area contributed by atoms with Gasteiger partial charge in [-0.25, -0.2) is 4.98 Å². The van der Waals surface area contributed by atoms with Crippen LogP contribution in [0.25, 0.3) is 0 Å². The molecule has 0 bridgehead atoms. The van der Waals surface area contributed by atoms with Crippen LogP contribution >= 0.6 is 0 Å². The minimum absolute atomic E-state index is 0.0282. The van der Waals surface area contributed by atoms with E-state index in [4.69, 9.17) is 0 Å². The van der Waals surface area contributed by atoms with Crippen molar-refractivity contribution in [2.24, 2.45) is 5.41 Å². The Morgan fingerprint density at radius 2 is 2.00 bits per heavy atom. The van der Waals surface area contributed by atoms with E-state index in [1.54, 1.807) is 0 Å². The van der Waals surface area contributed by atoms with Crippen molar-refractivity contribution in [3.05, 3.63) is 11.8 Å². The van der Waals surface area contributed by atoms with Gasteiger partial charge in [0.05, 0.1) is 0 Å². The van der Waals surface area contributed by atoms with E-state index in [0.29, 0.717) is 0 Å². The van der Waals surface area contributed by atoms with Crippen molar-refractivity contribution in [1.82, 2.24) is 9.97 Å². The van der Waals surface area contributed by atoms with Crippen LogP contribution in [0.5, 0.6) is 0 Å². The molecule has 1 heterocycles. The van der Waals surface area contributed by atoms with Crippen molar-refractivity contribution < 1.29 is 13.2 Å². The number of hydrogen-bond acceptors (Lipinski definition) is 4. The summed E-state index contributed by atoms with van der Waals surface area (Å²) in [4.78, 5) is 7.48. The lowest BCUT2D eigenvalue weighted by molar-refractivity contribution is -0.141. The maximum Gasteiger partial charge on any atom is 0.433 e. The number of nitrogens with one attached hydrogen (secondary N) is 2. The van der Waals surface area contributed by atoms with Crippen LogP contribution in [0.3, 0.4) is 0 Å². The lowest BCUT2D eigenvalue weighted by Gasteiger charge is -2.19. The molecule has 1 aromatic rings. The van der Waals surface area contributed by atoms with Gasteiger partial charge in [-0.3, -0.25) is 0 Å². The highest BCUT2D eigenvalue weighted by Crippen LogP contribution is 2.38. The van der Waals surface area contributed by atoms with E-state index in [-0.39, 0.29) is 23.2 Å². The molecule has 4 nitrogen and oxygen atoms in total. The number of alkyl halides is 3. The fourth-order valence-electron chi connectivity index (χ4n) is 2.55. The molecule has 1 saturated carbocycles. The van der Waals surface area contributed by atoms with Crippen molar-refractivity contribution in [2.45, 2.75) is 45.3 Å². The first-order valence-electron chi connectivity index (χ1n) is 6.60. The second-order valence-electron chi connectivity index (χ2n) is 5.96. The molecule has 0 radical (unpaired) electrons. The van der Waals surface area contributed by atoms with Crippen LogP contribution in [0, 0.1) is 5.41 Å². The van der Waals surface area contributed by atoms with Crippen molar-refractivity contribution in [3.63, 3.8) is 0 Å². The van der Waals surface area contributed by atoms with Gasteiger partial charge in [0, 0.05) is 19.2 Å². The van der Waals surface area contributed by atoms with Crippen LogP contribution in [0.2, 0.25) is 0 Å². The molecule has 0 aromatic carbocycles. The third-order valence-corrected chi connectivity index (χ3v) is 3.56. The molecule has 1 aliphatic rings. The first-order valence-corrected chi connectivity index (χ1v) is 6.60. The molecule has 0 saturated heterocycles. The number of aromatic nitrogens is 2. The molecule has 1 fully saturated rings. The largest absolute Gasteiger partial charge is 0.433 e. The molecule has 1 atom stereocenters. The zero-order chi connectivity index (χ0) is 15.0. The highest BCUT2D eigenvalue weighted by molar-refractivity contribution is 5.43. The normalized spacial score (nSPS) is 21.8. The Kier molecular flexibility index (Phi) is 3.80. The summed E-state index contributed by atoms with van der Waals surface area (Å²) in [5, 5.41) is 5.65. The molecule has 112 valence electrons. The average Bonchev–Trinajstić information content (AvgIpc) is 2.67. The summed E-state index contributed by atoms with van der Waals surface area (Å²) in [6, 6.07) is 1.12. The molecular weight excluding hydrogens is 269 g/mol. The predicted molar refractivity (Wildman–Crippen MR) is 71.6 cm³/mol. The topological polar surface area (TPSA) is 49.8 Å². The summed E-state index contributed by atoms with van der Waals surface area (Å²) in [5.41, 5.74) is -0.708. The third-order valence-electron chi connectivity index (χ3n) is 3.56. The second-order valence-corrected chi connectivity index (χ2v) is 5.96. The van der Waals surface area contributed by atoms with Crippen LogP contribution in [-0.4, -0.2) is 23.1 Å². The van der Waals surface area contributed by atoms with Crippen molar-refractivity contribution in [3.8, 4) is 0 Å². The standard InChI is InChI=1S/C13H19F3N4/c1-12(2)5-4-8(7-12)18-10-6-9(13(14,15)16)19-11(17-3)20-10/h6,8H,4-5,7H2,1-3H3,(H2,17,18,19,20). The molecule has 0 spiro atoms. The summed E-state index contributed by atoms with van der Waals surface area (Å²) in [7, 11) is 1.50. The van der Waals surface area contributed by atoms with Gasteiger partial charge in [0.25, 0.3) is 0 Å². The van der Waals surface area contributed by atoms with E-state index in [9.17, 15) is 13.2 Å². The lowest BCUT2D eigenvalue weighted by atomic mass is 9.92. The van der Waals surface area contributed by atoms with Gasteiger partial charge >= 0.3 is 6.18 Å².